The van der Waals surface area contributed by atoms with Crippen molar-refractivity contribution < 1.29 is 23.5 Å². The van der Waals surface area contributed by atoms with E-state index in [0.717, 1.165) is 0 Å². The van der Waals surface area contributed by atoms with Gasteiger partial charge in [0, 0.05) is 19.8 Å². The molecule has 0 fully saturated rings. The molecule has 2 atom stereocenters. The molecule has 0 aliphatic heterocycles. The summed E-state index contributed by atoms with van der Waals surface area (Å²) in [6.07, 6.45) is 0.141. The number of amides is 2. The quantitative estimate of drug-likeness (QED) is 0.642. The van der Waals surface area contributed by atoms with Gasteiger partial charge < -0.3 is 15.4 Å². The summed E-state index contributed by atoms with van der Waals surface area (Å²) in [4.78, 5) is 36.6. The molecular weight excluding hydrogens is 389 g/mol. The first-order valence-corrected chi connectivity index (χ1v) is 9.21. The number of carbonyl (C=O) groups excluding carboxylic acids is 3. The second kappa shape index (κ2) is 10.7. The van der Waals surface area contributed by atoms with Gasteiger partial charge in [0.15, 0.2) is 0 Å². The zero-order valence-electron chi connectivity index (χ0n) is 16.6. The summed E-state index contributed by atoms with van der Waals surface area (Å²) in [6.45, 7) is 1.26. The highest BCUT2D eigenvalue weighted by Crippen LogP contribution is 2.10. The van der Waals surface area contributed by atoms with E-state index < -0.39 is 35.7 Å². The van der Waals surface area contributed by atoms with Crippen LogP contribution in [0, 0.1) is 17.1 Å². The van der Waals surface area contributed by atoms with E-state index in [4.69, 9.17) is 10.00 Å². The first kappa shape index (κ1) is 22.6. The molecule has 156 valence electrons. The molecule has 2 amide bonds. The summed E-state index contributed by atoms with van der Waals surface area (Å²) < 4.78 is 18.3. The maximum atomic E-state index is 13.5. The number of benzene rings is 2. The summed E-state index contributed by atoms with van der Waals surface area (Å²) in [5, 5.41) is 14.1. The molecule has 8 heteroatoms. The van der Waals surface area contributed by atoms with Crippen LogP contribution in [-0.2, 0) is 32.0 Å². The van der Waals surface area contributed by atoms with Crippen molar-refractivity contribution in [2.75, 3.05) is 7.11 Å². The molecule has 0 saturated carbocycles. The molecule has 2 N–H and O–H groups in total. The second-order valence-corrected chi connectivity index (χ2v) is 6.69. The molecule has 0 aliphatic carbocycles. The van der Waals surface area contributed by atoms with Gasteiger partial charge in [-0.2, -0.15) is 5.26 Å². The highest BCUT2D eigenvalue weighted by molar-refractivity contribution is 5.90. The SMILES string of the molecule is COC(=O)[C@H](Cc1cccc(C#N)c1)NC(=O)[C@@H](Cc1cccc(F)c1)NC(C)=O. The summed E-state index contributed by atoms with van der Waals surface area (Å²) >= 11 is 0. The van der Waals surface area contributed by atoms with Crippen LogP contribution in [0.2, 0.25) is 0 Å². The largest absolute Gasteiger partial charge is 0.467 e. The van der Waals surface area contributed by atoms with Gasteiger partial charge in [-0.05, 0) is 35.4 Å². The van der Waals surface area contributed by atoms with E-state index in [-0.39, 0.29) is 12.8 Å². The van der Waals surface area contributed by atoms with Crippen molar-refractivity contribution in [2.24, 2.45) is 0 Å². The Morgan fingerprint density at radius 1 is 1.03 bits per heavy atom. The topological polar surface area (TPSA) is 108 Å². The predicted octanol–water partition coefficient (Wildman–Crippen LogP) is 1.65. The van der Waals surface area contributed by atoms with Gasteiger partial charge in [-0.3, -0.25) is 9.59 Å². The van der Waals surface area contributed by atoms with Gasteiger partial charge in [0.2, 0.25) is 11.8 Å². The van der Waals surface area contributed by atoms with Crippen LogP contribution in [0.15, 0.2) is 48.5 Å². The number of esters is 1. The fourth-order valence-corrected chi connectivity index (χ4v) is 2.97. The van der Waals surface area contributed by atoms with Crippen molar-refractivity contribution in [3.05, 3.63) is 71.0 Å². The zero-order valence-corrected chi connectivity index (χ0v) is 16.6. The van der Waals surface area contributed by atoms with Crippen LogP contribution >= 0.6 is 0 Å². The van der Waals surface area contributed by atoms with Crippen molar-refractivity contribution in [1.82, 2.24) is 10.6 Å². The third-order valence-electron chi connectivity index (χ3n) is 4.32. The number of nitriles is 1. The van der Waals surface area contributed by atoms with Crippen molar-refractivity contribution in [3.8, 4) is 6.07 Å². The Labute approximate surface area is 173 Å². The first-order chi connectivity index (χ1) is 14.3. The number of nitrogens with zero attached hydrogens (tertiary/aromatic N) is 1. The van der Waals surface area contributed by atoms with Crippen molar-refractivity contribution in [3.63, 3.8) is 0 Å². The Kier molecular flexibility index (Phi) is 8.06. The number of halogens is 1. The van der Waals surface area contributed by atoms with Gasteiger partial charge in [0.25, 0.3) is 0 Å². The average molecular weight is 411 g/mol. The number of carbonyl (C=O) groups is 3. The number of nitrogens with one attached hydrogen (secondary N) is 2. The third kappa shape index (κ3) is 6.71. The Balaban J connectivity index is 2.19. The van der Waals surface area contributed by atoms with Gasteiger partial charge in [0.05, 0.1) is 18.7 Å². The Morgan fingerprint density at radius 2 is 1.67 bits per heavy atom. The van der Waals surface area contributed by atoms with Crippen LogP contribution in [0.1, 0.15) is 23.6 Å². The van der Waals surface area contributed by atoms with Crippen LogP contribution in [0.5, 0.6) is 0 Å². The average Bonchev–Trinajstić information content (AvgIpc) is 2.72. The maximum absolute atomic E-state index is 13.5. The highest BCUT2D eigenvalue weighted by atomic mass is 19.1. The lowest BCUT2D eigenvalue weighted by molar-refractivity contribution is -0.145. The molecule has 2 aromatic carbocycles. The van der Waals surface area contributed by atoms with Crippen molar-refractivity contribution in [1.29, 1.82) is 5.26 Å². The van der Waals surface area contributed by atoms with Gasteiger partial charge in [-0.15, -0.1) is 0 Å². The molecule has 2 rings (SSSR count). The maximum Gasteiger partial charge on any atom is 0.328 e. The number of hydrogen-bond acceptors (Lipinski definition) is 5. The van der Waals surface area contributed by atoms with Crippen LogP contribution in [-0.4, -0.2) is 37.0 Å². The Bertz CT molecular complexity index is 971. The minimum absolute atomic E-state index is 0.0426. The molecule has 0 unspecified atom stereocenters. The Hall–Kier alpha value is -3.73. The summed E-state index contributed by atoms with van der Waals surface area (Å²) in [7, 11) is 1.20. The molecule has 7 nitrogen and oxygen atoms in total. The number of methoxy groups -OCH3 is 1. The molecule has 0 radical (unpaired) electrons. The molecule has 0 bridgehead atoms. The lowest BCUT2D eigenvalue weighted by Gasteiger charge is -2.22. The van der Waals surface area contributed by atoms with Crippen molar-refractivity contribution in [2.45, 2.75) is 31.8 Å². The van der Waals surface area contributed by atoms with Crippen LogP contribution in [0.4, 0.5) is 4.39 Å². The van der Waals surface area contributed by atoms with E-state index in [1.807, 2.05) is 6.07 Å². The minimum Gasteiger partial charge on any atom is -0.467 e. The highest BCUT2D eigenvalue weighted by Gasteiger charge is 2.27. The normalized spacial score (nSPS) is 12.2. The summed E-state index contributed by atoms with van der Waals surface area (Å²) in [5.74, 6) is -2.18. The Morgan fingerprint density at radius 3 is 2.27 bits per heavy atom. The van der Waals surface area contributed by atoms with Crippen LogP contribution in [0.3, 0.4) is 0 Å². The molecule has 0 heterocycles. The van der Waals surface area contributed by atoms with Gasteiger partial charge >= 0.3 is 5.97 Å². The van der Waals surface area contributed by atoms with Crippen LogP contribution < -0.4 is 10.6 Å². The third-order valence-corrected chi connectivity index (χ3v) is 4.32. The molecule has 0 spiro atoms. The summed E-state index contributed by atoms with van der Waals surface area (Å²) in [6, 6.07) is 12.3. The molecule has 0 aromatic heterocycles. The zero-order chi connectivity index (χ0) is 22.1. The molecule has 0 saturated heterocycles. The fraction of sp³-hybridized carbons (Fsp3) is 0.273. The standard InChI is InChI=1S/C22H22FN3O4/c1-14(27)25-19(11-16-6-4-8-18(23)10-16)21(28)26-20(22(29)30-2)12-15-5-3-7-17(9-15)13-24/h3-10,19-20H,11-12H2,1-2H3,(H,25,27)(H,26,28)/t19-,20+/m1/s1. The van der Waals surface area contributed by atoms with Gasteiger partial charge in [-0.25, -0.2) is 9.18 Å². The van der Waals surface area contributed by atoms with E-state index in [2.05, 4.69) is 10.6 Å². The van der Waals surface area contributed by atoms with E-state index in [9.17, 15) is 18.8 Å². The van der Waals surface area contributed by atoms with Gasteiger partial charge in [0.1, 0.15) is 17.9 Å². The van der Waals surface area contributed by atoms with E-state index >= 15 is 0 Å². The monoisotopic (exact) mass is 411 g/mol. The lowest BCUT2D eigenvalue weighted by atomic mass is 10.0. The predicted molar refractivity (Wildman–Crippen MR) is 107 cm³/mol. The lowest BCUT2D eigenvalue weighted by Crippen LogP contribution is -2.53. The first-order valence-electron chi connectivity index (χ1n) is 9.21. The van der Waals surface area contributed by atoms with Crippen molar-refractivity contribution >= 4 is 17.8 Å². The molecule has 2 aromatic rings. The molecular formula is C22H22FN3O4. The summed E-state index contributed by atoms with van der Waals surface area (Å²) in [5.41, 5.74) is 1.59. The minimum atomic E-state index is -1.03. The molecule has 0 aliphatic rings. The van der Waals surface area contributed by atoms with E-state index in [1.165, 1.54) is 32.2 Å². The fourth-order valence-electron chi connectivity index (χ4n) is 2.97. The van der Waals surface area contributed by atoms with Crippen LogP contribution in [0.25, 0.3) is 0 Å². The second-order valence-electron chi connectivity index (χ2n) is 6.69. The number of hydrogen-bond donors (Lipinski definition) is 2. The van der Waals surface area contributed by atoms with E-state index in [1.54, 1.807) is 30.3 Å². The van der Waals surface area contributed by atoms with E-state index in [0.29, 0.717) is 16.7 Å². The number of rotatable bonds is 8. The smallest absolute Gasteiger partial charge is 0.328 e. The molecule has 30 heavy (non-hydrogen) atoms. The number of ether oxygens (including phenoxy) is 1. The van der Waals surface area contributed by atoms with Gasteiger partial charge in [-0.1, -0.05) is 24.3 Å².